The molecule has 1 fully saturated rings. The lowest BCUT2D eigenvalue weighted by Gasteiger charge is -2.21. The van der Waals surface area contributed by atoms with Crippen LogP contribution in [0.3, 0.4) is 0 Å². The van der Waals surface area contributed by atoms with Crippen LogP contribution in [0.2, 0.25) is 0 Å². The number of ether oxygens (including phenoxy) is 3. The molecule has 1 aliphatic rings. The summed E-state index contributed by atoms with van der Waals surface area (Å²) < 4.78 is 16.1. The van der Waals surface area contributed by atoms with Crippen LogP contribution in [0, 0.1) is 5.92 Å². The summed E-state index contributed by atoms with van der Waals surface area (Å²) in [5.74, 6) is 2.38. The molecule has 1 aliphatic heterocycles. The molecule has 2 N–H and O–H groups in total. The van der Waals surface area contributed by atoms with Crippen molar-refractivity contribution >= 4 is 17.4 Å². The van der Waals surface area contributed by atoms with Gasteiger partial charge in [0.25, 0.3) is 0 Å². The number of aromatic nitrogens is 1. The summed E-state index contributed by atoms with van der Waals surface area (Å²) in [5.41, 5.74) is 0.700. The van der Waals surface area contributed by atoms with Gasteiger partial charge in [-0.05, 0) is 49.2 Å². The second-order valence-electron chi connectivity index (χ2n) is 6.26. The van der Waals surface area contributed by atoms with Crippen molar-refractivity contribution in [2.75, 3.05) is 44.1 Å². The molecular formula is C20H25N3O4. The smallest absolute Gasteiger partial charge is 0.227 e. The second kappa shape index (κ2) is 9.78. The normalized spacial score (nSPS) is 14.4. The molecule has 2 aromatic rings. The molecule has 3 rings (SSSR count). The van der Waals surface area contributed by atoms with Crippen LogP contribution in [0.1, 0.15) is 12.8 Å². The van der Waals surface area contributed by atoms with Crippen molar-refractivity contribution in [3.05, 3.63) is 42.6 Å². The highest BCUT2D eigenvalue weighted by Crippen LogP contribution is 2.18. The molecule has 144 valence electrons. The predicted molar refractivity (Wildman–Crippen MR) is 103 cm³/mol. The third-order valence-corrected chi connectivity index (χ3v) is 4.36. The van der Waals surface area contributed by atoms with Crippen molar-refractivity contribution in [3.8, 4) is 11.5 Å². The van der Waals surface area contributed by atoms with E-state index in [1.165, 1.54) is 0 Å². The minimum absolute atomic E-state index is 0.0201. The Hall–Kier alpha value is -2.80. The molecule has 7 heteroatoms. The Bertz CT molecular complexity index is 713. The molecule has 0 bridgehead atoms. The first-order chi connectivity index (χ1) is 13.2. The largest absolute Gasteiger partial charge is 0.497 e. The maximum atomic E-state index is 12.2. The van der Waals surface area contributed by atoms with E-state index in [0.29, 0.717) is 32.1 Å². The SMILES string of the molecule is COc1ccc(OCCNc2ccc(NC(=O)C3CCOCC3)cn2)cc1. The summed E-state index contributed by atoms with van der Waals surface area (Å²) in [4.78, 5) is 16.5. The Morgan fingerprint density at radius 3 is 2.56 bits per heavy atom. The molecule has 1 aromatic carbocycles. The molecule has 0 aliphatic carbocycles. The Labute approximate surface area is 159 Å². The van der Waals surface area contributed by atoms with Gasteiger partial charge in [0, 0.05) is 19.1 Å². The standard InChI is InChI=1S/C20H25N3O4/c1-25-17-3-5-18(6-4-17)27-13-10-21-19-7-2-16(14-22-19)23-20(24)15-8-11-26-12-9-15/h2-7,14-15H,8-13H2,1H3,(H,21,22)(H,23,24). The number of nitrogens with zero attached hydrogens (tertiary/aromatic N) is 1. The lowest BCUT2D eigenvalue weighted by Crippen LogP contribution is -2.28. The molecule has 27 heavy (non-hydrogen) atoms. The summed E-state index contributed by atoms with van der Waals surface area (Å²) in [5, 5.41) is 6.11. The first kappa shape index (κ1) is 19.0. The van der Waals surface area contributed by atoms with Crippen LogP contribution < -0.4 is 20.1 Å². The van der Waals surface area contributed by atoms with Crippen LogP contribution in [-0.2, 0) is 9.53 Å². The first-order valence-corrected chi connectivity index (χ1v) is 9.10. The summed E-state index contributed by atoms with van der Waals surface area (Å²) in [6.07, 6.45) is 3.20. The minimum atomic E-state index is 0.0201. The van der Waals surface area contributed by atoms with Gasteiger partial charge in [-0.2, -0.15) is 0 Å². The van der Waals surface area contributed by atoms with Gasteiger partial charge in [-0.25, -0.2) is 4.98 Å². The number of amides is 1. The minimum Gasteiger partial charge on any atom is -0.497 e. The highest BCUT2D eigenvalue weighted by atomic mass is 16.5. The number of pyridine rings is 1. The summed E-state index contributed by atoms with van der Waals surface area (Å²) in [7, 11) is 1.63. The number of nitrogens with one attached hydrogen (secondary N) is 2. The first-order valence-electron chi connectivity index (χ1n) is 9.10. The maximum absolute atomic E-state index is 12.2. The summed E-state index contributed by atoms with van der Waals surface area (Å²) >= 11 is 0. The molecule has 1 amide bonds. The molecule has 2 heterocycles. The highest BCUT2D eigenvalue weighted by Gasteiger charge is 2.21. The number of carbonyl (C=O) groups excluding carboxylic acids is 1. The Morgan fingerprint density at radius 1 is 1.15 bits per heavy atom. The number of hydrogen-bond acceptors (Lipinski definition) is 6. The van der Waals surface area contributed by atoms with Crippen molar-refractivity contribution in [1.82, 2.24) is 4.98 Å². The van der Waals surface area contributed by atoms with Gasteiger partial charge in [0.15, 0.2) is 0 Å². The third kappa shape index (κ3) is 5.86. The van der Waals surface area contributed by atoms with Gasteiger partial charge in [-0.3, -0.25) is 4.79 Å². The van der Waals surface area contributed by atoms with Crippen LogP contribution in [0.4, 0.5) is 11.5 Å². The van der Waals surface area contributed by atoms with Crippen LogP contribution in [-0.4, -0.2) is 44.4 Å². The van der Waals surface area contributed by atoms with Gasteiger partial charge in [0.1, 0.15) is 23.9 Å². The molecule has 0 unspecified atom stereocenters. The lowest BCUT2D eigenvalue weighted by atomic mass is 9.99. The Morgan fingerprint density at radius 2 is 1.89 bits per heavy atom. The summed E-state index contributed by atoms with van der Waals surface area (Å²) in [6, 6.07) is 11.1. The van der Waals surface area contributed by atoms with Crippen LogP contribution in [0.5, 0.6) is 11.5 Å². The van der Waals surface area contributed by atoms with Gasteiger partial charge in [0.05, 0.1) is 25.5 Å². The summed E-state index contributed by atoms with van der Waals surface area (Å²) in [6.45, 7) is 2.43. The molecule has 0 saturated carbocycles. The van der Waals surface area contributed by atoms with E-state index in [9.17, 15) is 4.79 Å². The van der Waals surface area contributed by atoms with Crippen molar-refractivity contribution in [2.24, 2.45) is 5.92 Å². The predicted octanol–water partition coefficient (Wildman–Crippen LogP) is 2.95. The van der Waals surface area contributed by atoms with Gasteiger partial charge in [-0.15, -0.1) is 0 Å². The van der Waals surface area contributed by atoms with Gasteiger partial charge in [-0.1, -0.05) is 0 Å². The van der Waals surface area contributed by atoms with Gasteiger partial charge in [0.2, 0.25) is 5.91 Å². The molecule has 0 spiro atoms. The number of carbonyl (C=O) groups is 1. The third-order valence-electron chi connectivity index (χ3n) is 4.36. The van der Waals surface area contributed by atoms with E-state index in [4.69, 9.17) is 14.2 Å². The molecule has 7 nitrogen and oxygen atoms in total. The zero-order chi connectivity index (χ0) is 18.9. The van der Waals surface area contributed by atoms with Crippen molar-refractivity contribution in [3.63, 3.8) is 0 Å². The zero-order valence-electron chi connectivity index (χ0n) is 15.4. The van der Waals surface area contributed by atoms with E-state index in [0.717, 1.165) is 30.2 Å². The van der Waals surface area contributed by atoms with Crippen LogP contribution in [0.25, 0.3) is 0 Å². The number of rotatable bonds is 8. The lowest BCUT2D eigenvalue weighted by molar-refractivity contribution is -0.122. The molecular weight excluding hydrogens is 346 g/mol. The number of methoxy groups -OCH3 is 1. The number of hydrogen-bond donors (Lipinski definition) is 2. The second-order valence-corrected chi connectivity index (χ2v) is 6.26. The Balaban J connectivity index is 1.38. The van der Waals surface area contributed by atoms with E-state index >= 15 is 0 Å². The fourth-order valence-electron chi connectivity index (χ4n) is 2.80. The van der Waals surface area contributed by atoms with Gasteiger partial charge < -0.3 is 24.8 Å². The highest BCUT2D eigenvalue weighted by molar-refractivity contribution is 5.92. The zero-order valence-corrected chi connectivity index (χ0v) is 15.4. The van der Waals surface area contributed by atoms with E-state index < -0.39 is 0 Å². The molecule has 1 aromatic heterocycles. The maximum Gasteiger partial charge on any atom is 0.227 e. The fourth-order valence-corrected chi connectivity index (χ4v) is 2.80. The van der Waals surface area contributed by atoms with Crippen molar-refractivity contribution in [2.45, 2.75) is 12.8 Å². The monoisotopic (exact) mass is 371 g/mol. The van der Waals surface area contributed by atoms with E-state index in [2.05, 4.69) is 15.6 Å². The van der Waals surface area contributed by atoms with E-state index in [1.54, 1.807) is 13.3 Å². The average Bonchev–Trinajstić information content (AvgIpc) is 2.73. The van der Waals surface area contributed by atoms with Crippen LogP contribution in [0.15, 0.2) is 42.6 Å². The number of benzene rings is 1. The molecule has 0 atom stereocenters. The van der Waals surface area contributed by atoms with E-state index in [1.807, 2.05) is 36.4 Å². The fraction of sp³-hybridized carbons (Fsp3) is 0.400. The average molecular weight is 371 g/mol. The molecule has 1 saturated heterocycles. The van der Waals surface area contributed by atoms with E-state index in [-0.39, 0.29) is 11.8 Å². The topological polar surface area (TPSA) is 81.7 Å². The van der Waals surface area contributed by atoms with Crippen LogP contribution >= 0.6 is 0 Å². The Kier molecular flexibility index (Phi) is 6.87. The van der Waals surface area contributed by atoms with Crippen molar-refractivity contribution in [1.29, 1.82) is 0 Å². The van der Waals surface area contributed by atoms with Gasteiger partial charge >= 0.3 is 0 Å². The quantitative estimate of drug-likeness (QED) is 0.695. The molecule has 0 radical (unpaired) electrons. The van der Waals surface area contributed by atoms with Crippen molar-refractivity contribution < 1.29 is 19.0 Å². The number of anilines is 2.